The molecule has 1 amide bonds. The highest BCUT2D eigenvalue weighted by atomic mass is 32.1. The Labute approximate surface area is 174 Å². The van der Waals surface area contributed by atoms with Crippen LogP contribution in [0.25, 0.3) is 10.6 Å². The van der Waals surface area contributed by atoms with E-state index in [1.54, 1.807) is 19.4 Å². The lowest BCUT2D eigenvalue weighted by Crippen LogP contribution is -2.17. The topological polar surface area (TPSA) is 72.8 Å². The molecule has 3 aromatic rings. The number of thiazole rings is 1. The Kier molecular flexibility index (Phi) is 6.61. The molecule has 0 unspecified atom stereocenters. The number of carbonyl (C=O) groups excluding carboxylic acids is 1. The van der Waals surface area contributed by atoms with Gasteiger partial charge in [-0.1, -0.05) is 30.3 Å². The molecule has 1 N–H and O–H groups in total. The van der Waals surface area contributed by atoms with Gasteiger partial charge in [0.2, 0.25) is 0 Å². The maximum Gasteiger partial charge on any atom is 0.283 e. The fourth-order valence-electron chi connectivity index (χ4n) is 2.64. The summed E-state index contributed by atoms with van der Waals surface area (Å²) in [5.74, 6) is 0.988. The van der Waals surface area contributed by atoms with Crippen molar-refractivity contribution in [2.45, 2.75) is 26.9 Å². The predicted molar refractivity (Wildman–Crippen MR) is 116 cm³/mol. The van der Waals surface area contributed by atoms with E-state index in [-0.39, 0.29) is 12.0 Å². The Balaban J connectivity index is 1.69. The normalized spacial score (nSPS) is 11.1. The zero-order valence-corrected chi connectivity index (χ0v) is 17.6. The van der Waals surface area contributed by atoms with Gasteiger partial charge in [-0.15, -0.1) is 11.3 Å². The summed E-state index contributed by atoms with van der Waals surface area (Å²) in [6, 6.07) is 15.3. The number of aryl methyl sites for hydroxylation is 1. The van der Waals surface area contributed by atoms with Gasteiger partial charge in [0.15, 0.2) is 11.5 Å². The van der Waals surface area contributed by atoms with Crippen LogP contribution in [0, 0.1) is 6.92 Å². The minimum atomic E-state index is -0.287. The molecule has 0 saturated carbocycles. The van der Waals surface area contributed by atoms with Crippen LogP contribution in [0.15, 0.2) is 53.6 Å². The largest absolute Gasteiger partial charge is 0.493 e. The lowest BCUT2D eigenvalue weighted by Gasteiger charge is -2.13. The van der Waals surface area contributed by atoms with Crippen molar-refractivity contribution in [1.29, 1.82) is 0 Å². The number of benzene rings is 2. The van der Waals surface area contributed by atoms with Crippen molar-refractivity contribution in [3.63, 3.8) is 0 Å². The molecule has 0 atom stereocenters. The molecule has 0 aliphatic rings. The molecular formula is C22H23N3O3S. The average Bonchev–Trinajstić information content (AvgIpc) is 3.11. The van der Waals surface area contributed by atoms with Crippen LogP contribution in [0.5, 0.6) is 11.5 Å². The lowest BCUT2D eigenvalue weighted by molar-refractivity contribution is 0.0958. The Morgan fingerprint density at radius 1 is 1.17 bits per heavy atom. The molecular weight excluding hydrogens is 386 g/mol. The van der Waals surface area contributed by atoms with Gasteiger partial charge in [-0.3, -0.25) is 4.79 Å². The van der Waals surface area contributed by atoms with Gasteiger partial charge >= 0.3 is 0 Å². The quantitative estimate of drug-likeness (QED) is 0.454. The van der Waals surface area contributed by atoms with E-state index in [0.717, 1.165) is 16.1 Å². The molecule has 1 heterocycles. The van der Waals surface area contributed by atoms with Gasteiger partial charge in [0.05, 0.1) is 25.1 Å². The van der Waals surface area contributed by atoms with Gasteiger partial charge in [-0.05, 0) is 44.5 Å². The molecule has 150 valence electrons. The van der Waals surface area contributed by atoms with E-state index in [9.17, 15) is 4.79 Å². The number of rotatable bonds is 7. The Morgan fingerprint density at radius 3 is 2.62 bits per heavy atom. The first-order valence-corrected chi connectivity index (χ1v) is 10.0. The van der Waals surface area contributed by atoms with E-state index in [4.69, 9.17) is 9.47 Å². The third kappa shape index (κ3) is 5.20. The van der Waals surface area contributed by atoms with Crippen LogP contribution in [0.2, 0.25) is 0 Å². The molecule has 3 rings (SSSR count). The first-order valence-electron chi connectivity index (χ1n) is 9.19. The van der Waals surface area contributed by atoms with E-state index in [1.807, 2.05) is 63.2 Å². The zero-order chi connectivity index (χ0) is 20.8. The fourth-order valence-corrected chi connectivity index (χ4v) is 3.60. The lowest BCUT2D eigenvalue weighted by atomic mass is 10.2. The monoisotopic (exact) mass is 409 g/mol. The van der Waals surface area contributed by atoms with Gasteiger partial charge in [-0.25, -0.2) is 10.4 Å². The first kappa shape index (κ1) is 20.5. The summed E-state index contributed by atoms with van der Waals surface area (Å²) in [6.07, 6.45) is 1.61. The Bertz CT molecular complexity index is 1010. The van der Waals surface area contributed by atoms with Crippen molar-refractivity contribution in [3.05, 3.63) is 64.7 Å². The number of nitrogens with one attached hydrogen (secondary N) is 1. The van der Waals surface area contributed by atoms with E-state index < -0.39 is 0 Å². The number of amides is 1. The van der Waals surface area contributed by atoms with E-state index in [2.05, 4.69) is 15.5 Å². The van der Waals surface area contributed by atoms with Gasteiger partial charge < -0.3 is 9.47 Å². The smallest absolute Gasteiger partial charge is 0.283 e. The number of hydrogen-bond donors (Lipinski definition) is 1. The number of ether oxygens (including phenoxy) is 2. The van der Waals surface area contributed by atoms with Gasteiger partial charge in [0.25, 0.3) is 5.91 Å². The zero-order valence-electron chi connectivity index (χ0n) is 16.8. The summed E-state index contributed by atoms with van der Waals surface area (Å²) in [7, 11) is 1.59. The number of hydrogen-bond acceptors (Lipinski definition) is 6. The van der Waals surface area contributed by atoms with Gasteiger partial charge in [-0.2, -0.15) is 5.10 Å². The van der Waals surface area contributed by atoms with Crippen LogP contribution >= 0.6 is 11.3 Å². The molecule has 1 aromatic heterocycles. The van der Waals surface area contributed by atoms with E-state index in [1.165, 1.54) is 11.3 Å². The van der Waals surface area contributed by atoms with Gasteiger partial charge in [0.1, 0.15) is 9.88 Å². The minimum Gasteiger partial charge on any atom is -0.493 e. The molecule has 2 aromatic carbocycles. The molecule has 0 aliphatic heterocycles. The number of methoxy groups -OCH3 is 1. The van der Waals surface area contributed by atoms with Crippen LogP contribution in [-0.4, -0.2) is 30.3 Å². The summed E-state index contributed by atoms with van der Waals surface area (Å²) in [5, 5.41) is 4.87. The summed E-state index contributed by atoms with van der Waals surface area (Å²) in [6.45, 7) is 5.73. The summed E-state index contributed by atoms with van der Waals surface area (Å²) in [5.41, 5.74) is 5.01. The highest BCUT2D eigenvalue weighted by molar-refractivity contribution is 7.17. The van der Waals surface area contributed by atoms with Crippen molar-refractivity contribution >= 4 is 23.5 Å². The van der Waals surface area contributed by atoms with Crippen LogP contribution < -0.4 is 14.9 Å². The van der Waals surface area contributed by atoms with Gasteiger partial charge in [0, 0.05) is 5.56 Å². The molecule has 0 saturated heterocycles. The number of aromatic nitrogens is 1. The second-order valence-corrected chi connectivity index (χ2v) is 7.57. The fraction of sp³-hybridized carbons (Fsp3) is 0.227. The highest BCUT2D eigenvalue weighted by Crippen LogP contribution is 2.29. The van der Waals surface area contributed by atoms with Crippen molar-refractivity contribution < 1.29 is 14.3 Å². The number of hydrazone groups is 1. The highest BCUT2D eigenvalue weighted by Gasteiger charge is 2.15. The van der Waals surface area contributed by atoms with Crippen molar-refractivity contribution in [1.82, 2.24) is 10.4 Å². The minimum absolute atomic E-state index is 0.0473. The number of nitrogens with zero attached hydrogens (tertiary/aromatic N) is 2. The summed E-state index contributed by atoms with van der Waals surface area (Å²) >= 11 is 1.35. The average molecular weight is 410 g/mol. The second kappa shape index (κ2) is 9.34. The Hall–Kier alpha value is -3.19. The first-order chi connectivity index (χ1) is 14.0. The Morgan fingerprint density at radius 2 is 1.93 bits per heavy atom. The van der Waals surface area contributed by atoms with Crippen molar-refractivity contribution in [3.8, 4) is 22.1 Å². The molecule has 7 heteroatoms. The maximum absolute atomic E-state index is 12.5. The van der Waals surface area contributed by atoms with E-state index in [0.29, 0.717) is 22.1 Å². The molecule has 6 nitrogen and oxygen atoms in total. The number of carbonyl (C=O) groups is 1. The van der Waals surface area contributed by atoms with Crippen LogP contribution in [0.1, 0.15) is 34.8 Å². The second-order valence-electron chi connectivity index (χ2n) is 6.58. The van der Waals surface area contributed by atoms with E-state index >= 15 is 0 Å². The molecule has 0 spiro atoms. The van der Waals surface area contributed by atoms with Crippen molar-refractivity contribution in [2.24, 2.45) is 5.10 Å². The maximum atomic E-state index is 12.5. The molecule has 0 radical (unpaired) electrons. The third-order valence-corrected chi connectivity index (χ3v) is 5.16. The molecule has 0 bridgehead atoms. The SMILES string of the molecule is COc1cc(/C=N/NC(=O)c2sc(-c3ccccc3)nc2C)ccc1OC(C)C. The van der Waals surface area contributed by atoms with Crippen LogP contribution in [-0.2, 0) is 0 Å². The third-order valence-electron chi connectivity index (χ3n) is 3.95. The molecule has 0 fully saturated rings. The predicted octanol–water partition coefficient (Wildman–Crippen LogP) is 4.68. The van der Waals surface area contributed by atoms with Crippen LogP contribution in [0.3, 0.4) is 0 Å². The summed E-state index contributed by atoms with van der Waals surface area (Å²) in [4.78, 5) is 17.5. The molecule has 29 heavy (non-hydrogen) atoms. The van der Waals surface area contributed by atoms with Crippen molar-refractivity contribution in [2.75, 3.05) is 7.11 Å². The van der Waals surface area contributed by atoms with Crippen LogP contribution in [0.4, 0.5) is 0 Å². The summed E-state index contributed by atoms with van der Waals surface area (Å²) < 4.78 is 11.1. The molecule has 0 aliphatic carbocycles. The standard InChI is InChI=1S/C22H23N3O3S/c1-14(2)28-18-11-10-16(12-19(18)27-4)13-23-25-21(26)20-15(3)24-22(29-20)17-8-6-5-7-9-17/h5-14H,1-4H3,(H,25,26)/b23-13+.